The Bertz CT molecular complexity index is 1130. The van der Waals surface area contributed by atoms with Crippen LogP contribution in [0.15, 0.2) is 24.3 Å². The van der Waals surface area contributed by atoms with Gasteiger partial charge in [-0.25, -0.2) is 0 Å². The summed E-state index contributed by atoms with van der Waals surface area (Å²) in [6.07, 6.45) is -1.80. The van der Waals surface area contributed by atoms with Crippen molar-refractivity contribution < 1.29 is 83.4 Å². The molecular weight excluding hydrogens is 673 g/mol. The van der Waals surface area contributed by atoms with E-state index in [0.29, 0.717) is 24.5 Å². The van der Waals surface area contributed by atoms with Crippen LogP contribution in [-0.4, -0.2) is 47.6 Å². The lowest BCUT2D eigenvalue weighted by Gasteiger charge is -2.43. The van der Waals surface area contributed by atoms with E-state index in [2.05, 4.69) is 0 Å². The highest BCUT2D eigenvalue weighted by Crippen LogP contribution is 2.66. The van der Waals surface area contributed by atoms with Gasteiger partial charge in [-0.1, -0.05) is 69.7 Å². The molecule has 0 aromatic heterocycles. The molecule has 0 saturated heterocycles. The van der Waals surface area contributed by atoms with Crippen molar-refractivity contribution in [3.05, 3.63) is 35.4 Å². The summed E-state index contributed by atoms with van der Waals surface area (Å²) in [5.74, 6) is -65.9. The molecule has 1 fully saturated rings. The van der Waals surface area contributed by atoms with Gasteiger partial charge in [0.25, 0.3) is 0 Å². The van der Waals surface area contributed by atoms with Crippen molar-refractivity contribution >= 4 is 0 Å². The van der Waals surface area contributed by atoms with Gasteiger partial charge in [-0.2, -0.15) is 83.4 Å². The summed E-state index contributed by atoms with van der Waals surface area (Å²) in [7, 11) is 0. The predicted molar refractivity (Wildman–Crippen MR) is 120 cm³/mol. The second-order valence-corrected chi connectivity index (χ2v) is 11.0. The van der Waals surface area contributed by atoms with Gasteiger partial charge in [0.15, 0.2) is 0 Å². The molecule has 1 saturated carbocycles. The van der Waals surface area contributed by atoms with Crippen molar-refractivity contribution in [2.45, 2.75) is 112 Å². The van der Waals surface area contributed by atoms with Crippen molar-refractivity contribution in [3.8, 4) is 0 Å². The van der Waals surface area contributed by atoms with Crippen LogP contribution in [0.1, 0.15) is 63.0 Å². The number of benzene rings is 1. The van der Waals surface area contributed by atoms with Crippen LogP contribution in [0, 0.1) is 11.8 Å². The van der Waals surface area contributed by atoms with Gasteiger partial charge in [0, 0.05) is 5.56 Å². The third-order valence-corrected chi connectivity index (χ3v) is 7.94. The van der Waals surface area contributed by atoms with Crippen LogP contribution >= 0.6 is 0 Å². The van der Waals surface area contributed by atoms with E-state index in [4.69, 9.17) is 0 Å². The summed E-state index contributed by atoms with van der Waals surface area (Å²) < 4.78 is 258. The fourth-order valence-electron chi connectivity index (χ4n) is 5.01. The first kappa shape index (κ1) is 39.1. The van der Waals surface area contributed by atoms with Gasteiger partial charge >= 0.3 is 53.6 Å². The minimum absolute atomic E-state index is 0.0135. The molecule has 0 nitrogen and oxygen atoms in total. The summed E-state index contributed by atoms with van der Waals surface area (Å²) in [4.78, 5) is 0. The first-order chi connectivity index (χ1) is 20.0. The van der Waals surface area contributed by atoms with Crippen molar-refractivity contribution in [2.24, 2.45) is 11.8 Å². The van der Waals surface area contributed by atoms with Crippen molar-refractivity contribution in [1.29, 1.82) is 0 Å². The summed E-state index contributed by atoms with van der Waals surface area (Å²) in [5.41, 5.74) is -2.12. The molecule has 0 unspecified atom stereocenters. The number of halogens is 19. The van der Waals surface area contributed by atoms with Crippen molar-refractivity contribution in [1.82, 2.24) is 0 Å². The van der Waals surface area contributed by atoms with E-state index >= 15 is 0 Å². The molecule has 0 aliphatic heterocycles. The van der Waals surface area contributed by atoms with Crippen LogP contribution in [-0.2, 0) is 12.3 Å². The van der Waals surface area contributed by atoms with E-state index in [9.17, 15) is 83.4 Å². The van der Waals surface area contributed by atoms with Gasteiger partial charge in [-0.05, 0) is 30.2 Å². The first-order valence-electron chi connectivity index (χ1n) is 13.2. The summed E-state index contributed by atoms with van der Waals surface area (Å²) in [5, 5.41) is 0. The lowest BCUT2D eigenvalue weighted by molar-refractivity contribution is -0.469. The third-order valence-electron chi connectivity index (χ3n) is 7.94. The highest BCUT2D eigenvalue weighted by Gasteiger charge is 2.96. The number of aryl methyl sites for hydroxylation is 1. The zero-order chi connectivity index (χ0) is 35.3. The standard InChI is InChI=1S/C26H25F19/c1-2-3-14-4-6-15(7-5-14)8-9-16-10-12-17(13-11-16)18(27,28)19(29,30)20(31,32)21(33,34)22(35,36)23(37,38)24(39,40)25(41,42)26(43,44)45/h10-15H,2-9H2,1H3/t14-,15-. The number of rotatable bonds is 13. The topological polar surface area (TPSA) is 0 Å². The van der Waals surface area contributed by atoms with Crippen molar-refractivity contribution in [2.75, 3.05) is 0 Å². The summed E-state index contributed by atoms with van der Waals surface area (Å²) in [6, 6.07) is 1.28. The maximum absolute atomic E-state index is 14.5. The van der Waals surface area contributed by atoms with E-state index in [1.807, 2.05) is 6.92 Å². The first-order valence-corrected chi connectivity index (χ1v) is 13.2. The minimum Gasteiger partial charge on any atom is -0.194 e. The van der Waals surface area contributed by atoms with E-state index in [0.717, 1.165) is 38.5 Å². The van der Waals surface area contributed by atoms with Crippen molar-refractivity contribution in [3.63, 3.8) is 0 Å². The molecule has 45 heavy (non-hydrogen) atoms. The molecule has 0 spiro atoms. The fraction of sp³-hybridized carbons (Fsp3) is 0.769. The lowest BCUT2D eigenvalue weighted by atomic mass is 9.78. The molecule has 0 N–H and O–H groups in total. The Morgan fingerprint density at radius 1 is 0.467 bits per heavy atom. The van der Waals surface area contributed by atoms with Gasteiger partial charge in [-0.3, -0.25) is 0 Å². The molecule has 1 aliphatic carbocycles. The largest absolute Gasteiger partial charge is 0.460 e. The molecule has 19 heteroatoms. The normalized spacial score (nSPS) is 20.4. The zero-order valence-corrected chi connectivity index (χ0v) is 22.8. The van der Waals surface area contributed by atoms with Gasteiger partial charge in [0.05, 0.1) is 0 Å². The number of alkyl halides is 19. The Morgan fingerprint density at radius 2 is 0.800 bits per heavy atom. The molecule has 1 aromatic rings. The van der Waals surface area contributed by atoms with E-state index in [1.165, 1.54) is 0 Å². The molecule has 0 radical (unpaired) electrons. The Kier molecular flexibility index (Phi) is 10.6. The Hall–Kier alpha value is -2.11. The average molecular weight is 698 g/mol. The van der Waals surface area contributed by atoms with Gasteiger partial charge < -0.3 is 0 Å². The van der Waals surface area contributed by atoms with Crippen LogP contribution in [0.4, 0.5) is 83.4 Å². The van der Waals surface area contributed by atoms with E-state index in [-0.39, 0.29) is 30.0 Å². The average Bonchev–Trinajstić information content (AvgIpc) is 2.91. The van der Waals surface area contributed by atoms with Crippen LogP contribution in [0.2, 0.25) is 0 Å². The molecule has 1 aliphatic rings. The molecule has 262 valence electrons. The molecular formula is C26H25F19. The number of hydrogen-bond acceptors (Lipinski definition) is 0. The Labute approximate surface area is 243 Å². The minimum atomic E-state index is -8.92. The quantitative estimate of drug-likeness (QED) is 0.180. The van der Waals surface area contributed by atoms with Crippen LogP contribution in [0.5, 0.6) is 0 Å². The molecule has 2 rings (SSSR count). The second kappa shape index (κ2) is 12.2. The SMILES string of the molecule is CCC[C@H]1CC[C@H](CCc2ccc(C(F)(F)C(F)(F)C(F)(F)C(F)(F)C(F)(F)C(F)(F)C(F)(F)C(F)(F)C(F)(F)F)cc2)CC1. The van der Waals surface area contributed by atoms with E-state index < -0.39 is 59.1 Å². The van der Waals surface area contributed by atoms with Gasteiger partial charge in [0.2, 0.25) is 0 Å². The lowest BCUT2D eigenvalue weighted by Crippen LogP contribution is -2.75. The highest BCUT2D eigenvalue weighted by atomic mass is 19.4. The Morgan fingerprint density at radius 3 is 1.16 bits per heavy atom. The third kappa shape index (κ3) is 6.18. The number of hydrogen-bond donors (Lipinski definition) is 0. The zero-order valence-electron chi connectivity index (χ0n) is 22.8. The van der Waals surface area contributed by atoms with Crippen LogP contribution < -0.4 is 0 Å². The van der Waals surface area contributed by atoms with Crippen LogP contribution in [0.25, 0.3) is 0 Å². The second-order valence-electron chi connectivity index (χ2n) is 11.0. The smallest absolute Gasteiger partial charge is 0.194 e. The monoisotopic (exact) mass is 698 g/mol. The molecule has 0 bridgehead atoms. The Balaban J connectivity index is 2.36. The molecule has 0 heterocycles. The molecule has 1 aromatic carbocycles. The van der Waals surface area contributed by atoms with E-state index in [1.54, 1.807) is 0 Å². The summed E-state index contributed by atoms with van der Waals surface area (Å²) in [6.45, 7) is 2.02. The summed E-state index contributed by atoms with van der Waals surface area (Å²) >= 11 is 0. The maximum Gasteiger partial charge on any atom is 0.460 e. The van der Waals surface area contributed by atoms with Gasteiger partial charge in [0.1, 0.15) is 0 Å². The molecule has 0 amide bonds. The predicted octanol–water partition coefficient (Wildman–Crippen LogP) is 11.3. The van der Waals surface area contributed by atoms with Gasteiger partial charge in [-0.15, -0.1) is 0 Å². The fourth-order valence-corrected chi connectivity index (χ4v) is 5.01. The molecule has 0 atom stereocenters. The highest BCUT2D eigenvalue weighted by molar-refractivity contribution is 5.30. The maximum atomic E-state index is 14.5. The van der Waals surface area contributed by atoms with Crippen LogP contribution in [0.3, 0.4) is 0 Å².